The van der Waals surface area contributed by atoms with Crippen LogP contribution in [0, 0.1) is 0 Å². The van der Waals surface area contributed by atoms with Crippen LogP contribution in [0.1, 0.15) is 24.3 Å². The van der Waals surface area contributed by atoms with E-state index in [0.717, 1.165) is 25.9 Å². The second kappa shape index (κ2) is 6.24. The first-order chi connectivity index (χ1) is 11.3. The highest BCUT2D eigenvalue weighted by molar-refractivity contribution is 7.07. The van der Waals surface area contributed by atoms with Crippen molar-refractivity contribution in [2.24, 2.45) is 0 Å². The Kier molecular flexibility index (Phi) is 3.95. The largest absolute Gasteiger partial charge is 0.485 e. The molecule has 0 radical (unpaired) electrons. The smallest absolute Gasteiger partial charge is 0.267 e. The molecule has 2 aliphatic rings. The topological polar surface area (TPSA) is 38.8 Å². The molecule has 2 aromatic rings. The highest BCUT2D eigenvalue weighted by Crippen LogP contribution is 2.33. The fraction of sp³-hybridized carbons (Fsp3) is 0.389. The van der Waals surface area contributed by atoms with Gasteiger partial charge in [-0.3, -0.25) is 4.79 Å². The molecule has 2 aliphatic heterocycles. The summed E-state index contributed by atoms with van der Waals surface area (Å²) in [6.07, 6.45) is 1.52. The van der Waals surface area contributed by atoms with E-state index in [-0.39, 0.29) is 5.91 Å². The Morgan fingerprint density at radius 1 is 1.13 bits per heavy atom. The van der Waals surface area contributed by atoms with Crippen molar-refractivity contribution in [2.45, 2.75) is 24.9 Å². The highest BCUT2D eigenvalue weighted by Gasteiger charge is 2.33. The van der Waals surface area contributed by atoms with Crippen LogP contribution in [0.5, 0.6) is 11.5 Å². The lowest BCUT2D eigenvalue weighted by Crippen LogP contribution is -2.48. The number of thiophene rings is 1. The number of piperidine rings is 1. The van der Waals surface area contributed by atoms with Crippen LogP contribution < -0.4 is 9.47 Å². The lowest BCUT2D eigenvalue weighted by molar-refractivity contribution is -0.142. The average Bonchev–Trinajstić information content (AvgIpc) is 3.15. The van der Waals surface area contributed by atoms with Crippen LogP contribution in [-0.4, -0.2) is 36.6 Å². The molecule has 1 saturated heterocycles. The maximum absolute atomic E-state index is 12.7. The van der Waals surface area contributed by atoms with Crippen molar-refractivity contribution in [2.75, 3.05) is 19.7 Å². The van der Waals surface area contributed by atoms with Gasteiger partial charge >= 0.3 is 0 Å². The SMILES string of the molecule is O=C([C@@H]1COc2ccccc2O1)N1CCC(c2ccsc2)CC1. The molecule has 0 N–H and O–H groups in total. The second-order valence-corrected chi connectivity index (χ2v) is 6.80. The zero-order valence-corrected chi connectivity index (χ0v) is 13.6. The molecule has 0 bridgehead atoms. The summed E-state index contributed by atoms with van der Waals surface area (Å²) in [7, 11) is 0. The molecule has 1 aromatic carbocycles. The molecule has 0 aliphatic carbocycles. The van der Waals surface area contributed by atoms with Gasteiger partial charge in [0.05, 0.1) is 0 Å². The van der Waals surface area contributed by atoms with Crippen molar-refractivity contribution in [1.29, 1.82) is 0 Å². The normalized spacial score (nSPS) is 21.2. The maximum atomic E-state index is 12.7. The first-order valence-corrected chi connectivity index (χ1v) is 8.95. The predicted molar refractivity (Wildman–Crippen MR) is 89.2 cm³/mol. The Hall–Kier alpha value is -2.01. The minimum Gasteiger partial charge on any atom is -0.485 e. The molecule has 23 heavy (non-hydrogen) atoms. The van der Waals surface area contributed by atoms with Gasteiger partial charge in [-0.2, -0.15) is 11.3 Å². The van der Waals surface area contributed by atoms with Crippen molar-refractivity contribution >= 4 is 17.2 Å². The number of carbonyl (C=O) groups excluding carboxylic acids is 1. The van der Waals surface area contributed by atoms with Gasteiger partial charge in [0.15, 0.2) is 11.5 Å². The Labute approximate surface area is 139 Å². The number of likely N-dealkylation sites (tertiary alicyclic amines) is 1. The van der Waals surface area contributed by atoms with Gasteiger partial charge in [0.25, 0.3) is 5.91 Å². The Bertz CT molecular complexity index is 677. The zero-order chi connectivity index (χ0) is 15.6. The predicted octanol–water partition coefficient (Wildman–Crippen LogP) is 3.29. The minimum atomic E-state index is -0.525. The lowest BCUT2D eigenvalue weighted by Gasteiger charge is -2.35. The molecule has 4 rings (SSSR count). The standard InChI is InChI=1S/C18H19NO3S/c20-18(17-11-21-15-3-1-2-4-16(15)22-17)19-8-5-13(6-9-19)14-7-10-23-12-14/h1-4,7,10,12-13,17H,5-6,8-9,11H2/t17-/m0/s1. The van der Waals surface area contributed by atoms with Gasteiger partial charge in [0.1, 0.15) is 6.61 Å². The molecular formula is C18H19NO3S. The van der Waals surface area contributed by atoms with E-state index in [0.29, 0.717) is 24.0 Å². The third kappa shape index (κ3) is 2.93. The fourth-order valence-electron chi connectivity index (χ4n) is 3.29. The molecule has 1 fully saturated rings. The van der Waals surface area contributed by atoms with Crippen LogP contribution in [0.4, 0.5) is 0 Å². The second-order valence-electron chi connectivity index (χ2n) is 6.02. The summed E-state index contributed by atoms with van der Waals surface area (Å²) in [5.74, 6) is 2.00. The van der Waals surface area contributed by atoms with Gasteiger partial charge in [-0.05, 0) is 53.3 Å². The van der Waals surface area contributed by atoms with Gasteiger partial charge < -0.3 is 14.4 Å². The molecule has 0 unspecified atom stereocenters. The number of benzene rings is 1. The Morgan fingerprint density at radius 3 is 2.65 bits per heavy atom. The van der Waals surface area contributed by atoms with Gasteiger partial charge in [-0.1, -0.05) is 12.1 Å². The van der Waals surface area contributed by atoms with Crippen LogP contribution in [0.3, 0.4) is 0 Å². The lowest BCUT2D eigenvalue weighted by atomic mass is 9.91. The van der Waals surface area contributed by atoms with Crippen molar-refractivity contribution < 1.29 is 14.3 Å². The summed E-state index contributed by atoms with van der Waals surface area (Å²) in [5, 5.41) is 4.34. The first-order valence-electron chi connectivity index (χ1n) is 8.00. The van der Waals surface area contributed by atoms with E-state index in [1.807, 2.05) is 29.2 Å². The van der Waals surface area contributed by atoms with Gasteiger partial charge in [0.2, 0.25) is 6.10 Å². The third-order valence-corrected chi connectivity index (χ3v) is 5.31. The van der Waals surface area contributed by atoms with E-state index in [4.69, 9.17) is 9.47 Å². The van der Waals surface area contributed by atoms with Crippen LogP contribution >= 0.6 is 11.3 Å². The molecule has 5 heteroatoms. The minimum absolute atomic E-state index is 0.0447. The van der Waals surface area contributed by atoms with Crippen molar-refractivity contribution in [1.82, 2.24) is 4.90 Å². The monoisotopic (exact) mass is 329 g/mol. The Balaban J connectivity index is 1.37. The summed E-state index contributed by atoms with van der Waals surface area (Å²) in [4.78, 5) is 14.6. The summed E-state index contributed by atoms with van der Waals surface area (Å²) < 4.78 is 11.5. The molecular weight excluding hydrogens is 310 g/mol. The number of rotatable bonds is 2. The third-order valence-electron chi connectivity index (χ3n) is 4.61. The molecule has 1 amide bonds. The maximum Gasteiger partial charge on any atom is 0.267 e. The number of carbonyl (C=O) groups is 1. The van der Waals surface area contributed by atoms with Crippen LogP contribution in [0.15, 0.2) is 41.1 Å². The van der Waals surface area contributed by atoms with Crippen LogP contribution in [0.25, 0.3) is 0 Å². The van der Waals surface area contributed by atoms with E-state index in [9.17, 15) is 4.79 Å². The number of nitrogens with zero attached hydrogens (tertiary/aromatic N) is 1. The number of ether oxygens (including phenoxy) is 2. The summed E-state index contributed by atoms with van der Waals surface area (Å²) in [5.41, 5.74) is 1.41. The van der Waals surface area contributed by atoms with Crippen LogP contribution in [-0.2, 0) is 4.79 Å². The van der Waals surface area contributed by atoms with Gasteiger partial charge in [0, 0.05) is 13.1 Å². The molecule has 0 saturated carbocycles. The first kappa shape index (κ1) is 14.6. The van der Waals surface area contributed by atoms with E-state index in [2.05, 4.69) is 16.8 Å². The summed E-state index contributed by atoms with van der Waals surface area (Å²) >= 11 is 1.74. The van der Waals surface area contributed by atoms with E-state index in [1.165, 1.54) is 5.56 Å². The van der Waals surface area contributed by atoms with E-state index < -0.39 is 6.10 Å². The van der Waals surface area contributed by atoms with Crippen molar-refractivity contribution in [3.8, 4) is 11.5 Å². The highest BCUT2D eigenvalue weighted by atomic mass is 32.1. The van der Waals surface area contributed by atoms with Crippen molar-refractivity contribution in [3.05, 3.63) is 46.7 Å². The molecule has 1 atom stereocenters. The fourth-order valence-corrected chi connectivity index (χ4v) is 4.03. The molecule has 3 heterocycles. The number of para-hydroxylation sites is 2. The molecule has 120 valence electrons. The quantitative estimate of drug-likeness (QED) is 0.848. The molecule has 0 spiro atoms. The zero-order valence-electron chi connectivity index (χ0n) is 12.8. The van der Waals surface area contributed by atoms with E-state index >= 15 is 0 Å². The van der Waals surface area contributed by atoms with Gasteiger partial charge in [-0.15, -0.1) is 0 Å². The summed E-state index contributed by atoms with van der Waals surface area (Å²) in [6.45, 7) is 1.88. The van der Waals surface area contributed by atoms with Crippen molar-refractivity contribution in [3.63, 3.8) is 0 Å². The molecule has 1 aromatic heterocycles. The Morgan fingerprint density at radius 2 is 1.91 bits per heavy atom. The molecule has 4 nitrogen and oxygen atoms in total. The van der Waals surface area contributed by atoms with E-state index in [1.54, 1.807) is 11.3 Å². The number of fused-ring (bicyclic) bond motifs is 1. The van der Waals surface area contributed by atoms with Gasteiger partial charge in [-0.25, -0.2) is 0 Å². The number of amides is 1. The number of hydrogen-bond donors (Lipinski definition) is 0. The van der Waals surface area contributed by atoms with Crippen LogP contribution in [0.2, 0.25) is 0 Å². The average molecular weight is 329 g/mol. The summed E-state index contributed by atoms with van der Waals surface area (Å²) in [6, 6.07) is 9.70. The number of hydrogen-bond acceptors (Lipinski definition) is 4.